The summed E-state index contributed by atoms with van der Waals surface area (Å²) >= 11 is 0. The minimum Gasteiger partial charge on any atom is -0.504 e. The van der Waals surface area contributed by atoms with E-state index in [4.69, 9.17) is 4.74 Å². The van der Waals surface area contributed by atoms with Crippen molar-refractivity contribution in [1.29, 1.82) is 0 Å². The van der Waals surface area contributed by atoms with Gasteiger partial charge in [0.05, 0.1) is 7.11 Å². The molecule has 2 aromatic rings. The monoisotopic (exact) mass is 300 g/mol. The van der Waals surface area contributed by atoms with Gasteiger partial charge in [0.15, 0.2) is 11.5 Å². The number of phenolic OH excluding ortho intramolecular Hbond substituents is 1. The molecule has 0 amide bonds. The number of carbonyl (C=O) groups excluding carboxylic acids is 1. The number of likely N-dealkylation sites (N-methyl/N-ethyl adjacent to an activating group) is 1. The van der Waals surface area contributed by atoms with Crippen LogP contribution in [-0.2, 0) is 4.79 Å². The van der Waals surface area contributed by atoms with E-state index >= 15 is 0 Å². The van der Waals surface area contributed by atoms with E-state index in [0.29, 0.717) is 18.7 Å². The molecule has 1 N–H and O–H groups in total. The van der Waals surface area contributed by atoms with Gasteiger partial charge in [-0.3, -0.25) is 4.98 Å². The number of methoxy groups -OCH3 is 1. The first-order valence-corrected chi connectivity index (χ1v) is 7.07. The number of carbonyl (C=O) groups is 1. The Morgan fingerprint density at radius 3 is 2.64 bits per heavy atom. The third-order valence-corrected chi connectivity index (χ3v) is 3.65. The lowest BCUT2D eigenvalue weighted by Crippen LogP contribution is -2.24. The van der Waals surface area contributed by atoms with Crippen molar-refractivity contribution < 1.29 is 14.6 Å². The Bertz CT molecular complexity index is 617. The number of rotatable bonds is 7. The number of phenols is 1. The predicted octanol–water partition coefficient (Wildman–Crippen LogP) is 2.60. The molecule has 0 saturated heterocycles. The molecule has 1 atom stereocenters. The third-order valence-electron chi connectivity index (χ3n) is 3.65. The van der Waals surface area contributed by atoms with Crippen molar-refractivity contribution >= 4 is 12.0 Å². The fourth-order valence-corrected chi connectivity index (χ4v) is 2.43. The Hall–Kier alpha value is -2.56. The molecule has 1 heterocycles. The van der Waals surface area contributed by atoms with E-state index in [1.165, 1.54) is 7.11 Å². The fraction of sp³-hybridized carbons (Fsp3) is 0.294. The molecule has 0 aliphatic rings. The van der Waals surface area contributed by atoms with Crippen molar-refractivity contribution in [2.75, 3.05) is 25.6 Å². The van der Waals surface area contributed by atoms with Crippen molar-refractivity contribution in [2.45, 2.75) is 12.3 Å². The van der Waals surface area contributed by atoms with Gasteiger partial charge in [0.25, 0.3) is 0 Å². The number of aldehydes is 1. The Labute approximate surface area is 130 Å². The molecule has 1 unspecified atom stereocenters. The standard InChI is InChI=1S/C17H20N2O3/c1-19(15-5-8-18-9-6-15)12-14(7-10-20)13-3-4-17(22-2)16(21)11-13/h3-6,8-11,14,21H,7,12H2,1-2H3. The predicted molar refractivity (Wildman–Crippen MR) is 85.6 cm³/mol. The largest absolute Gasteiger partial charge is 0.504 e. The quantitative estimate of drug-likeness (QED) is 0.796. The van der Waals surface area contributed by atoms with Crippen LogP contribution in [0.25, 0.3) is 0 Å². The van der Waals surface area contributed by atoms with E-state index in [9.17, 15) is 9.90 Å². The Balaban J connectivity index is 2.19. The van der Waals surface area contributed by atoms with Crippen LogP contribution in [-0.4, -0.2) is 37.1 Å². The molecule has 0 fully saturated rings. The van der Waals surface area contributed by atoms with Gasteiger partial charge in [0, 0.05) is 44.0 Å². The summed E-state index contributed by atoms with van der Waals surface area (Å²) in [5.41, 5.74) is 1.94. The van der Waals surface area contributed by atoms with E-state index in [-0.39, 0.29) is 11.7 Å². The number of aromatic hydroxyl groups is 1. The van der Waals surface area contributed by atoms with Gasteiger partial charge in [0.1, 0.15) is 6.29 Å². The van der Waals surface area contributed by atoms with Crippen molar-refractivity contribution in [3.63, 3.8) is 0 Å². The molecule has 0 radical (unpaired) electrons. The van der Waals surface area contributed by atoms with Crippen LogP contribution >= 0.6 is 0 Å². The summed E-state index contributed by atoms with van der Waals surface area (Å²) < 4.78 is 5.05. The molecule has 5 nitrogen and oxygen atoms in total. The summed E-state index contributed by atoms with van der Waals surface area (Å²) in [5.74, 6) is 0.506. The Morgan fingerprint density at radius 2 is 2.05 bits per heavy atom. The average Bonchev–Trinajstić information content (AvgIpc) is 2.55. The molecule has 0 saturated carbocycles. The van der Waals surface area contributed by atoms with E-state index in [1.807, 2.05) is 25.2 Å². The number of nitrogens with zero attached hydrogens (tertiary/aromatic N) is 2. The molecule has 2 rings (SSSR count). The minimum absolute atomic E-state index is 0.00697. The lowest BCUT2D eigenvalue weighted by atomic mass is 9.95. The van der Waals surface area contributed by atoms with Gasteiger partial charge in [-0.15, -0.1) is 0 Å². The summed E-state index contributed by atoms with van der Waals surface area (Å²) in [5, 5.41) is 9.92. The average molecular weight is 300 g/mol. The number of pyridine rings is 1. The summed E-state index contributed by atoms with van der Waals surface area (Å²) in [6.45, 7) is 0.661. The van der Waals surface area contributed by atoms with Gasteiger partial charge in [-0.25, -0.2) is 0 Å². The molecular formula is C17H20N2O3. The number of hydrogen-bond donors (Lipinski definition) is 1. The molecule has 1 aromatic carbocycles. The highest BCUT2D eigenvalue weighted by molar-refractivity contribution is 5.54. The molecule has 0 aliphatic heterocycles. The highest BCUT2D eigenvalue weighted by Crippen LogP contribution is 2.31. The smallest absolute Gasteiger partial charge is 0.160 e. The molecule has 1 aromatic heterocycles. The molecule has 116 valence electrons. The van der Waals surface area contributed by atoms with Crippen molar-refractivity contribution in [3.8, 4) is 11.5 Å². The summed E-state index contributed by atoms with van der Waals surface area (Å²) in [6.07, 6.45) is 4.77. The van der Waals surface area contributed by atoms with Gasteiger partial charge in [0.2, 0.25) is 0 Å². The fourth-order valence-electron chi connectivity index (χ4n) is 2.43. The normalized spacial score (nSPS) is 11.7. The number of anilines is 1. The molecule has 0 bridgehead atoms. The van der Waals surface area contributed by atoms with Crippen LogP contribution in [0.5, 0.6) is 11.5 Å². The van der Waals surface area contributed by atoms with Gasteiger partial charge in [-0.05, 0) is 29.8 Å². The number of benzene rings is 1. The zero-order valence-electron chi connectivity index (χ0n) is 12.8. The van der Waals surface area contributed by atoms with Gasteiger partial charge >= 0.3 is 0 Å². The molecule has 5 heteroatoms. The third kappa shape index (κ3) is 3.75. The van der Waals surface area contributed by atoms with E-state index in [1.54, 1.807) is 24.5 Å². The van der Waals surface area contributed by atoms with Crippen molar-refractivity contribution in [2.24, 2.45) is 0 Å². The van der Waals surface area contributed by atoms with E-state index in [2.05, 4.69) is 9.88 Å². The minimum atomic E-state index is -0.00697. The van der Waals surface area contributed by atoms with Crippen LogP contribution in [0.4, 0.5) is 5.69 Å². The molecule has 0 spiro atoms. The van der Waals surface area contributed by atoms with Crippen LogP contribution in [0.15, 0.2) is 42.7 Å². The number of aromatic nitrogens is 1. The van der Waals surface area contributed by atoms with Crippen molar-refractivity contribution in [1.82, 2.24) is 4.98 Å². The maximum absolute atomic E-state index is 11.0. The van der Waals surface area contributed by atoms with E-state index < -0.39 is 0 Å². The zero-order valence-corrected chi connectivity index (χ0v) is 12.8. The highest BCUT2D eigenvalue weighted by Gasteiger charge is 2.16. The van der Waals surface area contributed by atoms with Gasteiger partial charge in [-0.2, -0.15) is 0 Å². The zero-order chi connectivity index (χ0) is 15.9. The SMILES string of the molecule is COc1ccc(C(CC=O)CN(C)c2ccncc2)cc1O. The highest BCUT2D eigenvalue weighted by atomic mass is 16.5. The molecule has 22 heavy (non-hydrogen) atoms. The van der Waals surface area contributed by atoms with Crippen LogP contribution < -0.4 is 9.64 Å². The van der Waals surface area contributed by atoms with Crippen LogP contribution in [0, 0.1) is 0 Å². The molecule has 0 aliphatic carbocycles. The van der Waals surface area contributed by atoms with E-state index in [0.717, 1.165) is 17.5 Å². The lowest BCUT2D eigenvalue weighted by molar-refractivity contribution is -0.108. The topological polar surface area (TPSA) is 62.7 Å². The number of ether oxygens (including phenoxy) is 1. The lowest BCUT2D eigenvalue weighted by Gasteiger charge is -2.25. The Morgan fingerprint density at radius 1 is 1.32 bits per heavy atom. The second kappa shape index (κ2) is 7.45. The first-order valence-electron chi connectivity index (χ1n) is 7.07. The second-order valence-corrected chi connectivity index (χ2v) is 5.12. The second-order valence-electron chi connectivity index (χ2n) is 5.12. The van der Waals surface area contributed by atoms with Gasteiger partial charge in [-0.1, -0.05) is 6.07 Å². The van der Waals surface area contributed by atoms with Crippen molar-refractivity contribution in [3.05, 3.63) is 48.3 Å². The summed E-state index contributed by atoms with van der Waals surface area (Å²) in [7, 11) is 3.48. The number of hydrogen-bond acceptors (Lipinski definition) is 5. The van der Waals surface area contributed by atoms with Crippen LogP contribution in [0.1, 0.15) is 17.9 Å². The Kier molecular flexibility index (Phi) is 5.36. The van der Waals surface area contributed by atoms with Crippen LogP contribution in [0.3, 0.4) is 0 Å². The van der Waals surface area contributed by atoms with Crippen LogP contribution in [0.2, 0.25) is 0 Å². The molecular weight excluding hydrogens is 280 g/mol. The van der Waals surface area contributed by atoms with Gasteiger partial charge < -0.3 is 19.5 Å². The first kappa shape index (κ1) is 15.8. The maximum Gasteiger partial charge on any atom is 0.160 e. The summed E-state index contributed by atoms with van der Waals surface area (Å²) in [6, 6.07) is 9.10. The first-order chi connectivity index (χ1) is 10.7. The summed E-state index contributed by atoms with van der Waals surface area (Å²) in [4.78, 5) is 17.1. The maximum atomic E-state index is 11.0.